The fourth-order valence-electron chi connectivity index (χ4n) is 1.04. The number of carbonyl (C=O) groups is 2. The Balaban J connectivity index is 0. The molecule has 0 aromatic rings. The molecule has 0 aliphatic rings. The van der Waals surface area contributed by atoms with Gasteiger partial charge < -0.3 is 9.84 Å². The van der Waals surface area contributed by atoms with E-state index in [9.17, 15) is 4.79 Å². The molecule has 1 N–H and O–H groups in total. The molecule has 0 aliphatic carbocycles. The lowest BCUT2D eigenvalue weighted by molar-refractivity contribution is -0.139. The number of carboxylic acids is 1. The number of ether oxygens (including phenoxy) is 1. The third kappa shape index (κ3) is 31.3. The smallest absolute Gasteiger partial charge is 0.302 e. The molecule has 0 rings (SSSR count). The van der Waals surface area contributed by atoms with E-state index in [0.717, 1.165) is 13.3 Å². The van der Waals surface area contributed by atoms with Crippen molar-refractivity contribution in [1.29, 1.82) is 0 Å². The minimum absolute atomic E-state index is 0.212. The van der Waals surface area contributed by atoms with Gasteiger partial charge in [-0.05, 0) is 12.8 Å². The van der Waals surface area contributed by atoms with E-state index in [1.165, 1.54) is 32.6 Å². The summed E-state index contributed by atoms with van der Waals surface area (Å²) in [5, 5.41) is 7.42. The SMILES string of the molecule is CC(=O)O.CCCCCCC=CCOC(C)=O. The van der Waals surface area contributed by atoms with Gasteiger partial charge in [0.05, 0.1) is 0 Å². The standard InChI is InChI=1S/C11H20O2.C2H4O2/c1-3-4-5-6-7-8-9-10-13-11(2)12;1-2(3)4/h8-9H,3-7,10H2,1-2H3;1H3,(H,3,4). The summed E-state index contributed by atoms with van der Waals surface area (Å²) in [6.07, 6.45) is 10.2. The zero-order valence-corrected chi connectivity index (χ0v) is 11.1. The van der Waals surface area contributed by atoms with Gasteiger partial charge in [-0.25, -0.2) is 0 Å². The predicted octanol–water partition coefficient (Wildman–Crippen LogP) is 3.17. The normalized spacial score (nSPS) is 9.59. The second-order valence-corrected chi connectivity index (χ2v) is 3.64. The van der Waals surface area contributed by atoms with Gasteiger partial charge >= 0.3 is 5.97 Å². The molecule has 0 aliphatic heterocycles. The van der Waals surface area contributed by atoms with Crippen LogP contribution in [-0.4, -0.2) is 23.7 Å². The van der Waals surface area contributed by atoms with Crippen LogP contribution < -0.4 is 0 Å². The van der Waals surface area contributed by atoms with Crippen molar-refractivity contribution >= 4 is 11.9 Å². The van der Waals surface area contributed by atoms with E-state index < -0.39 is 5.97 Å². The maximum absolute atomic E-state index is 10.4. The van der Waals surface area contributed by atoms with Gasteiger partial charge in [0, 0.05) is 13.8 Å². The Kier molecular flexibility index (Phi) is 15.6. The van der Waals surface area contributed by atoms with Gasteiger partial charge in [0.25, 0.3) is 5.97 Å². The second-order valence-electron chi connectivity index (χ2n) is 3.64. The first-order chi connectivity index (χ1) is 8.00. The molecular weight excluding hydrogens is 220 g/mol. The molecule has 0 radical (unpaired) electrons. The zero-order valence-electron chi connectivity index (χ0n) is 11.1. The Morgan fingerprint density at radius 3 is 2.18 bits per heavy atom. The second kappa shape index (κ2) is 14.7. The van der Waals surface area contributed by atoms with Crippen molar-refractivity contribution in [3.8, 4) is 0 Å². The third-order valence-corrected chi connectivity index (χ3v) is 1.77. The quantitative estimate of drug-likeness (QED) is 0.424. The van der Waals surface area contributed by atoms with E-state index in [1.807, 2.05) is 6.08 Å². The van der Waals surface area contributed by atoms with Gasteiger partial charge in [0.1, 0.15) is 6.61 Å². The van der Waals surface area contributed by atoms with Gasteiger partial charge in [-0.15, -0.1) is 0 Å². The highest BCUT2D eigenvalue weighted by Crippen LogP contribution is 2.02. The van der Waals surface area contributed by atoms with Crippen molar-refractivity contribution in [2.45, 2.75) is 52.9 Å². The highest BCUT2D eigenvalue weighted by atomic mass is 16.5. The molecule has 0 aromatic heterocycles. The Bertz CT molecular complexity index is 217. The molecule has 0 amide bonds. The number of esters is 1. The van der Waals surface area contributed by atoms with E-state index >= 15 is 0 Å². The monoisotopic (exact) mass is 244 g/mol. The molecule has 0 aromatic carbocycles. The molecule has 4 heteroatoms. The Hall–Kier alpha value is -1.32. The van der Waals surface area contributed by atoms with E-state index in [2.05, 4.69) is 13.0 Å². The first-order valence-electron chi connectivity index (χ1n) is 5.98. The first kappa shape index (κ1) is 18.1. The predicted molar refractivity (Wildman–Crippen MR) is 67.8 cm³/mol. The zero-order chi connectivity index (χ0) is 13.5. The summed E-state index contributed by atoms with van der Waals surface area (Å²) in [4.78, 5) is 19.4. The van der Waals surface area contributed by atoms with Gasteiger partial charge in [-0.1, -0.05) is 38.3 Å². The van der Waals surface area contributed by atoms with E-state index in [4.69, 9.17) is 14.6 Å². The molecule has 0 bridgehead atoms. The maximum atomic E-state index is 10.4. The van der Waals surface area contributed by atoms with Crippen LogP contribution in [0.4, 0.5) is 0 Å². The molecule has 17 heavy (non-hydrogen) atoms. The lowest BCUT2D eigenvalue weighted by atomic mass is 10.1. The summed E-state index contributed by atoms with van der Waals surface area (Å²) in [5.41, 5.74) is 0. The van der Waals surface area contributed by atoms with Crippen LogP contribution >= 0.6 is 0 Å². The van der Waals surface area contributed by atoms with Gasteiger partial charge in [-0.2, -0.15) is 0 Å². The summed E-state index contributed by atoms with van der Waals surface area (Å²) in [7, 11) is 0. The number of hydrogen-bond donors (Lipinski definition) is 1. The van der Waals surface area contributed by atoms with Crippen LogP contribution in [0.1, 0.15) is 52.9 Å². The van der Waals surface area contributed by atoms with Crippen LogP contribution in [0.2, 0.25) is 0 Å². The highest BCUT2D eigenvalue weighted by Gasteiger charge is 1.87. The lowest BCUT2D eigenvalue weighted by Gasteiger charge is -1.95. The summed E-state index contributed by atoms with van der Waals surface area (Å²) in [6, 6.07) is 0. The number of rotatable bonds is 7. The number of allylic oxidation sites excluding steroid dienone is 1. The van der Waals surface area contributed by atoms with E-state index in [0.29, 0.717) is 6.61 Å². The minimum atomic E-state index is -0.833. The van der Waals surface area contributed by atoms with Gasteiger partial charge in [0.15, 0.2) is 0 Å². The molecule has 4 nitrogen and oxygen atoms in total. The molecule has 0 heterocycles. The first-order valence-corrected chi connectivity index (χ1v) is 5.98. The van der Waals surface area contributed by atoms with Crippen LogP contribution in [0.15, 0.2) is 12.2 Å². The number of carboxylic acid groups (broad SMARTS) is 1. The molecule has 0 spiro atoms. The van der Waals surface area contributed by atoms with Crippen molar-refractivity contribution in [2.75, 3.05) is 6.61 Å². The van der Waals surface area contributed by atoms with Crippen molar-refractivity contribution in [3.63, 3.8) is 0 Å². The fraction of sp³-hybridized carbons (Fsp3) is 0.692. The van der Waals surface area contributed by atoms with Crippen LogP contribution in [0, 0.1) is 0 Å². The summed E-state index contributed by atoms with van der Waals surface area (Å²) in [6.45, 7) is 5.13. The minimum Gasteiger partial charge on any atom is -0.481 e. The Morgan fingerprint density at radius 1 is 1.12 bits per heavy atom. The van der Waals surface area contributed by atoms with Crippen molar-refractivity contribution in [2.24, 2.45) is 0 Å². The summed E-state index contributed by atoms with van der Waals surface area (Å²) >= 11 is 0. The lowest BCUT2D eigenvalue weighted by Crippen LogP contribution is -1.97. The van der Waals surface area contributed by atoms with Crippen LogP contribution in [0.25, 0.3) is 0 Å². The Morgan fingerprint density at radius 2 is 1.71 bits per heavy atom. The average Bonchev–Trinajstić information content (AvgIpc) is 2.21. The fourth-order valence-corrected chi connectivity index (χ4v) is 1.04. The third-order valence-electron chi connectivity index (χ3n) is 1.77. The largest absolute Gasteiger partial charge is 0.481 e. The molecule has 0 saturated heterocycles. The highest BCUT2D eigenvalue weighted by molar-refractivity contribution is 5.66. The van der Waals surface area contributed by atoms with Crippen LogP contribution in [-0.2, 0) is 14.3 Å². The van der Waals surface area contributed by atoms with Crippen molar-refractivity contribution < 1.29 is 19.4 Å². The van der Waals surface area contributed by atoms with Crippen molar-refractivity contribution in [1.82, 2.24) is 0 Å². The molecule has 0 atom stereocenters. The molecule has 0 unspecified atom stereocenters. The number of aliphatic carboxylic acids is 1. The number of hydrogen-bond acceptors (Lipinski definition) is 3. The maximum Gasteiger partial charge on any atom is 0.302 e. The van der Waals surface area contributed by atoms with Gasteiger partial charge in [0.2, 0.25) is 0 Å². The molecule has 100 valence electrons. The van der Waals surface area contributed by atoms with Gasteiger partial charge in [-0.3, -0.25) is 9.59 Å². The van der Waals surface area contributed by atoms with Crippen LogP contribution in [0.3, 0.4) is 0 Å². The number of carbonyl (C=O) groups excluding carboxylic acids is 1. The average molecular weight is 244 g/mol. The van der Waals surface area contributed by atoms with Crippen LogP contribution in [0.5, 0.6) is 0 Å². The topological polar surface area (TPSA) is 63.6 Å². The molecule has 0 fully saturated rings. The number of unbranched alkanes of at least 4 members (excludes halogenated alkanes) is 4. The van der Waals surface area contributed by atoms with E-state index in [1.54, 1.807) is 0 Å². The van der Waals surface area contributed by atoms with Crippen molar-refractivity contribution in [3.05, 3.63) is 12.2 Å². The molecular formula is C13H24O4. The van der Waals surface area contributed by atoms with E-state index in [-0.39, 0.29) is 5.97 Å². The Labute approximate surface area is 104 Å². The molecule has 0 saturated carbocycles. The summed E-state index contributed by atoms with van der Waals surface area (Å²) < 4.78 is 4.74. The summed E-state index contributed by atoms with van der Waals surface area (Å²) in [5.74, 6) is -1.05.